The number of ether oxygens (including phenoxy) is 1. The highest BCUT2D eigenvalue weighted by molar-refractivity contribution is 7.89. The van der Waals surface area contributed by atoms with Gasteiger partial charge in [0.2, 0.25) is 20.0 Å². The number of nitrogens with zero attached hydrogens (tertiary/aromatic N) is 3. The second-order valence-electron chi connectivity index (χ2n) is 5.27. The Morgan fingerprint density at radius 3 is 2.21 bits per heavy atom. The summed E-state index contributed by atoms with van der Waals surface area (Å²) in [5, 5.41) is 9.16. The van der Waals surface area contributed by atoms with Crippen LogP contribution in [0.1, 0.15) is 12.5 Å². The third kappa shape index (κ3) is 3.87. The zero-order valence-electron chi connectivity index (χ0n) is 13.5. The van der Waals surface area contributed by atoms with Gasteiger partial charge in [-0.3, -0.25) is 0 Å². The molecule has 0 aromatic heterocycles. The molecule has 1 saturated heterocycles. The molecule has 8 nitrogen and oxygen atoms in total. The lowest BCUT2D eigenvalue weighted by molar-refractivity contribution is 0.274. The molecule has 0 aliphatic carbocycles. The molecular weight excluding hydrogens is 354 g/mol. The fourth-order valence-corrected chi connectivity index (χ4v) is 4.70. The Bertz CT molecular complexity index is 851. The van der Waals surface area contributed by atoms with E-state index in [2.05, 4.69) is 0 Å². The Morgan fingerprint density at radius 1 is 1.12 bits per heavy atom. The molecule has 0 bridgehead atoms. The van der Waals surface area contributed by atoms with Crippen LogP contribution in [0.15, 0.2) is 23.1 Å². The predicted octanol–water partition coefficient (Wildman–Crippen LogP) is 0.223. The van der Waals surface area contributed by atoms with Gasteiger partial charge in [-0.2, -0.15) is 13.9 Å². The predicted molar refractivity (Wildman–Crippen MR) is 87.5 cm³/mol. The number of sulfonamides is 2. The molecule has 0 N–H and O–H groups in total. The number of nitriles is 1. The molecule has 0 radical (unpaired) electrons. The second-order valence-corrected chi connectivity index (χ2v) is 9.19. The van der Waals surface area contributed by atoms with Crippen LogP contribution in [-0.2, 0) is 20.0 Å². The number of benzene rings is 1. The van der Waals surface area contributed by atoms with Gasteiger partial charge in [-0.1, -0.05) is 0 Å². The molecule has 0 saturated carbocycles. The topological polar surface area (TPSA) is 108 Å². The van der Waals surface area contributed by atoms with Crippen LogP contribution in [-0.4, -0.2) is 64.5 Å². The normalized spacial score (nSPS) is 17.4. The first-order valence-corrected chi connectivity index (χ1v) is 10.6. The summed E-state index contributed by atoms with van der Waals surface area (Å²) in [6.07, 6.45) is 1.10. The summed E-state index contributed by atoms with van der Waals surface area (Å²) >= 11 is 0. The quantitative estimate of drug-likeness (QED) is 0.731. The van der Waals surface area contributed by atoms with Crippen LogP contribution in [0.3, 0.4) is 0 Å². The summed E-state index contributed by atoms with van der Waals surface area (Å²) in [4.78, 5) is -0.00434. The number of hydrogen-bond acceptors (Lipinski definition) is 6. The van der Waals surface area contributed by atoms with E-state index in [9.17, 15) is 16.8 Å². The lowest BCUT2D eigenvalue weighted by Gasteiger charge is -2.32. The molecule has 2 rings (SSSR count). The lowest BCUT2D eigenvalue weighted by atomic mass is 10.2. The maximum Gasteiger partial charge on any atom is 0.243 e. The van der Waals surface area contributed by atoms with E-state index in [0.29, 0.717) is 12.4 Å². The van der Waals surface area contributed by atoms with Crippen molar-refractivity contribution in [3.63, 3.8) is 0 Å². The minimum absolute atomic E-state index is 0.00434. The maximum atomic E-state index is 12.7. The molecular formula is C14H19N3O5S2. The summed E-state index contributed by atoms with van der Waals surface area (Å²) in [5.41, 5.74) is 0.146. The Balaban J connectivity index is 2.24. The van der Waals surface area contributed by atoms with Crippen molar-refractivity contribution in [1.29, 1.82) is 5.26 Å². The summed E-state index contributed by atoms with van der Waals surface area (Å²) < 4.78 is 56.1. The van der Waals surface area contributed by atoms with E-state index >= 15 is 0 Å². The Morgan fingerprint density at radius 2 is 1.71 bits per heavy atom. The van der Waals surface area contributed by atoms with Crippen molar-refractivity contribution in [2.24, 2.45) is 0 Å². The van der Waals surface area contributed by atoms with Crippen molar-refractivity contribution < 1.29 is 21.6 Å². The molecule has 1 aromatic rings. The van der Waals surface area contributed by atoms with Crippen molar-refractivity contribution in [2.75, 3.05) is 39.0 Å². The number of hydrogen-bond donors (Lipinski definition) is 0. The van der Waals surface area contributed by atoms with E-state index in [1.807, 2.05) is 6.07 Å². The van der Waals surface area contributed by atoms with Gasteiger partial charge in [0.15, 0.2) is 0 Å². The van der Waals surface area contributed by atoms with E-state index in [1.54, 1.807) is 6.92 Å². The van der Waals surface area contributed by atoms with Crippen LogP contribution in [0.2, 0.25) is 0 Å². The van der Waals surface area contributed by atoms with Crippen molar-refractivity contribution in [1.82, 2.24) is 8.61 Å². The first-order valence-electron chi connectivity index (χ1n) is 7.32. The summed E-state index contributed by atoms with van der Waals surface area (Å²) in [6.45, 7) is 2.51. The van der Waals surface area contributed by atoms with Gasteiger partial charge in [-0.05, 0) is 25.1 Å². The Kier molecular flexibility index (Phi) is 5.49. The molecule has 0 unspecified atom stereocenters. The highest BCUT2D eigenvalue weighted by Gasteiger charge is 2.31. The molecule has 24 heavy (non-hydrogen) atoms. The molecule has 1 aliphatic rings. The molecule has 1 heterocycles. The van der Waals surface area contributed by atoms with Gasteiger partial charge in [0.25, 0.3) is 0 Å². The number of piperazine rings is 1. The average Bonchev–Trinajstić information content (AvgIpc) is 2.54. The second kappa shape index (κ2) is 7.06. The molecule has 0 amide bonds. The summed E-state index contributed by atoms with van der Waals surface area (Å²) in [5.74, 6) is 0.334. The minimum atomic E-state index is -3.79. The monoisotopic (exact) mass is 373 g/mol. The van der Waals surface area contributed by atoms with E-state index in [0.717, 1.165) is 6.26 Å². The summed E-state index contributed by atoms with van der Waals surface area (Å²) in [6, 6.07) is 6.06. The van der Waals surface area contributed by atoms with Crippen LogP contribution in [0.25, 0.3) is 0 Å². The minimum Gasteiger partial charge on any atom is -0.492 e. The van der Waals surface area contributed by atoms with Crippen molar-refractivity contribution in [3.8, 4) is 11.8 Å². The molecule has 0 atom stereocenters. The Labute approximate surface area is 142 Å². The highest BCUT2D eigenvalue weighted by atomic mass is 32.2. The SMILES string of the molecule is CCOc1ccc(S(=O)(=O)N2CCN(S(C)(=O)=O)CC2)cc1C#N. The zero-order chi connectivity index (χ0) is 18.0. The standard InChI is InChI=1S/C14H19N3O5S2/c1-3-22-14-5-4-13(10-12(14)11-15)24(20,21)17-8-6-16(7-9-17)23(2,18)19/h4-5,10H,3,6-9H2,1-2H3. The fourth-order valence-electron chi connectivity index (χ4n) is 2.43. The van der Waals surface area contributed by atoms with E-state index in [4.69, 9.17) is 10.00 Å². The molecule has 132 valence electrons. The van der Waals surface area contributed by atoms with Crippen LogP contribution in [0.5, 0.6) is 5.75 Å². The third-order valence-corrected chi connectivity index (χ3v) is 6.87. The Hall–Kier alpha value is -1.67. The highest BCUT2D eigenvalue weighted by Crippen LogP contribution is 2.25. The smallest absolute Gasteiger partial charge is 0.243 e. The first-order chi connectivity index (χ1) is 11.2. The molecule has 1 fully saturated rings. The molecule has 10 heteroatoms. The number of rotatable bonds is 5. The third-order valence-electron chi connectivity index (χ3n) is 3.68. The van der Waals surface area contributed by atoms with E-state index in [1.165, 1.54) is 26.8 Å². The molecule has 0 spiro atoms. The maximum absolute atomic E-state index is 12.7. The van der Waals surface area contributed by atoms with Gasteiger partial charge < -0.3 is 4.74 Å². The largest absolute Gasteiger partial charge is 0.492 e. The van der Waals surface area contributed by atoms with Gasteiger partial charge in [-0.25, -0.2) is 16.8 Å². The van der Waals surface area contributed by atoms with E-state index < -0.39 is 20.0 Å². The van der Waals surface area contributed by atoms with Crippen molar-refractivity contribution in [2.45, 2.75) is 11.8 Å². The van der Waals surface area contributed by atoms with Crippen LogP contribution in [0.4, 0.5) is 0 Å². The molecule has 1 aromatic carbocycles. The van der Waals surface area contributed by atoms with Crippen molar-refractivity contribution >= 4 is 20.0 Å². The van der Waals surface area contributed by atoms with Gasteiger partial charge in [0.1, 0.15) is 11.8 Å². The van der Waals surface area contributed by atoms with Crippen LogP contribution >= 0.6 is 0 Å². The summed E-state index contributed by atoms with van der Waals surface area (Å²) in [7, 11) is -7.12. The van der Waals surface area contributed by atoms with Gasteiger partial charge in [0.05, 0.1) is 23.3 Å². The van der Waals surface area contributed by atoms with Crippen LogP contribution < -0.4 is 4.74 Å². The van der Waals surface area contributed by atoms with Gasteiger partial charge in [0, 0.05) is 26.2 Å². The molecule has 1 aliphatic heterocycles. The first kappa shape index (κ1) is 18.7. The zero-order valence-corrected chi connectivity index (χ0v) is 15.1. The van der Waals surface area contributed by atoms with E-state index in [-0.39, 0.29) is 36.6 Å². The van der Waals surface area contributed by atoms with Gasteiger partial charge >= 0.3 is 0 Å². The fraction of sp³-hybridized carbons (Fsp3) is 0.500. The average molecular weight is 373 g/mol. The van der Waals surface area contributed by atoms with Crippen molar-refractivity contribution in [3.05, 3.63) is 23.8 Å². The lowest BCUT2D eigenvalue weighted by Crippen LogP contribution is -2.50. The van der Waals surface area contributed by atoms with Gasteiger partial charge in [-0.15, -0.1) is 0 Å². The van der Waals surface area contributed by atoms with Crippen LogP contribution in [0, 0.1) is 11.3 Å².